The second-order valence-corrected chi connectivity index (χ2v) is 10.4. The molecule has 2 aromatic carbocycles. The number of carbonyl (C=O) groups excluding carboxylic acids is 1. The van der Waals surface area contributed by atoms with E-state index in [1.807, 2.05) is 0 Å². The minimum atomic E-state index is -0.666. The normalized spacial score (nSPS) is 19.6. The average molecular weight is 511 g/mol. The molecule has 10 nitrogen and oxygen atoms in total. The number of nitrogens with one attached hydrogen (secondary N) is 5. The van der Waals surface area contributed by atoms with Crippen molar-refractivity contribution < 1.29 is 14.6 Å². The quantitative estimate of drug-likeness (QED) is 0.256. The number of aromatic nitrogens is 2. The van der Waals surface area contributed by atoms with Crippen molar-refractivity contribution in [2.45, 2.75) is 36.7 Å². The molecule has 3 aromatic rings. The molecule has 1 aromatic heterocycles. The van der Waals surface area contributed by atoms with E-state index in [0.29, 0.717) is 35.8 Å². The number of nitrogens with zero attached hydrogens (tertiary/aromatic N) is 1. The standard InChI is InChI=1S/C25H30N6O4S/c26-24-30-23(33)21(36-24)12-15-4-6-17(7-5-15)31-10-8-16(9-11-31)27-13-18(32)14-35-20-3-1-2-19-22(20)29-25(34)28-19/h1-7,16,18,21,27,32H,8-14H2,(H2,26,30,33)(H2,28,29,34)/t18-,21?/m0/s1. The van der Waals surface area contributed by atoms with E-state index >= 15 is 0 Å². The number of carbonyl (C=O) groups is 1. The second-order valence-electron chi connectivity index (χ2n) is 9.19. The molecule has 2 saturated heterocycles. The van der Waals surface area contributed by atoms with Gasteiger partial charge in [0.05, 0.1) is 10.8 Å². The second kappa shape index (κ2) is 10.8. The molecule has 0 radical (unpaired) electrons. The van der Waals surface area contributed by atoms with Crippen LogP contribution in [0.3, 0.4) is 0 Å². The highest BCUT2D eigenvalue weighted by Crippen LogP contribution is 2.25. The first-order valence-electron chi connectivity index (χ1n) is 12.1. The summed E-state index contributed by atoms with van der Waals surface area (Å²) in [5, 5.41) is 24.0. The number of hydrogen-bond acceptors (Lipinski definition) is 8. The van der Waals surface area contributed by atoms with Crippen LogP contribution in [-0.2, 0) is 11.2 Å². The van der Waals surface area contributed by atoms with Crippen molar-refractivity contribution in [2.24, 2.45) is 0 Å². The molecule has 0 aliphatic carbocycles. The van der Waals surface area contributed by atoms with E-state index < -0.39 is 6.10 Å². The van der Waals surface area contributed by atoms with Crippen molar-refractivity contribution in [3.05, 3.63) is 58.5 Å². The molecule has 0 saturated carbocycles. The molecule has 0 spiro atoms. The number of aliphatic hydroxyl groups is 1. The summed E-state index contributed by atoms with van der Waals surface area (Å²) in [5.41, 5.74) is 3.25. The van der Waals surface area contributed by atoms with Crippen LogP contribution in [0.4, 0.5) is 5.69 Å². The zero-order valence-corrected chi connectivity index (χ0v) is 20.6. The van der Waals surface area contributed by atoms with E-state index in [1.165, 1.54) is 17.4 Å². The van der Waals surface area contributed by atoms with E-state index in [9.17, 15) is 14.7 Å². The maximum absolute atomic E-state index is 11.9. The van der Waals surface area contributed by atoms with Gasteiger partial charge in [0.25, 0.3) is 0 Å². The van der Waals surface area contributed by atoms with Crippen LogP contribution in [-0.4, -0.2) is 69.8 Å². The Balaban J connectivity index is 1.04. The molecule has 11 heteroatoms. The number of rotatable bonds is 9. The predicted molar refractivity (Wildman–Crippen MR) is 141 cm³/mol. The molecule has 2 aliphatic rings. The molecule has 6 N–H and O–H groups in total. The molecule has 0 bridgehead atoms. The Morgan fingerprint density at radius 1 is 1.14 bits per heavy atom. The van der Waals surface area contributed by atoms with Crippen LogP contribution >= 0.6 is 11.8 Å². The van der Waals surface area contributed by atoms with E-state index in [0.717, 1.165) is 31.5 Å². The molecule has 2 atom stereocenters. The van der Waals surface area contributed by atoms with Crippen LogP contribution in [0.25, 0.3) is 11.0 Å². The van der Waals surface area contributed by atoms with E-state index in [2.05, 4.69) is 49.8 Å². The Kier molecular flexibility index (Phi) is 7.30. The van der Waals surface area contributed by atoms with Crippen molar-refractivity contribution in [1.82, 2.24) is 20.6 Å². The van der Waals surface area contributed by atoms with Crippen LogP contribution in [0.15, 0.2) is 47.3 Å². The number of fused-ring (bicyclic) bond motifs is 1. The monoisotopic (exact) mass is 510 g/mol. The van der Waals surface area contributed by atoms with Crippen molar-refractivity contribution in [3.63, 3.8) is 0 Å². The highest BCUT2D eigenvalue weighted by molar-refractivity contribution is 8.15. The van der Waals surface area contributed by atoms with Crippen molar-refractivity contribution in [2.75, 3.05) is 31.1 Å². The lowest BCUT2D eigenvalue weighted by Crippen LogP contribution is -2.45. The number of benzene rings is 2. The number of ether oxygens (including phenoxy) is 1. The number of amides is 1. The van der Waals surface area contributed by atoms with E-state index in [1.54, 1.807) is 18.2 Å². The van der Waals surface area contributed by atoms with Gasteiger partial charge in [-0.2, -0.15) is 0 Å². The fourth-order valence-corrected chi connectivity index (χ4v) is 5.54. The Bertz CT molecular complexity index is 1280. The first-order chi connectivity index (χ1) is 17.4. The zero-order valence-electron chi connectivity index (χ0n) is 19.8. The lowest BCUT2D eigenvalue weighted by molar-refractivity contribution is -0.118. The van der Waals surface area contributed by atoms with Gasteiger partial charge >= 0.3 is 5.69 Å². The third-order valence-electron chi connectivity index (χ3n) is 6.59. The largest absolute Gasteiger partial charge is 0.489 e. The number of aliphatic hydroxyl groups excluding tert-OH is 1. The van der Waals surface area contributed by atoms with Crippen molar-refractivity contribution in [3.8, 4) is 5.75 Å². The van der Waals surface area contributed by atoms with Gasteiger partial charge in [-0.05, 0) is 49.1 Å². The van der Waals surface area contributed by atoms with Crippen LogP contribution in [0, 0.1) is 5.41 Å². The number of hydrogen-bond donors (Lipinski definition) is 6. The van der Waals surface area contributed by atoms with E-state index in [4.69, 9.17) is 10.1 Å². The average Bonchev–Trinajstić information content (AvgIpc) is 3.42. The van der Waals surface area contributed by atoms with Gasteiger partial charge < -0.3 is 35.3 Å². The van der Waals surface area contributed by atoms with Gasteiger partial charge in [0.2, 0.25) is 5.91 Å². The fraction of sp³-hybridized carbons (Fsp3) is 0.400. The first kappa shape index (κ1) is 24.4. The van der Waals surface area contributed by atoms with Gasteiger partial charge in [0.15, 0.2) is 5.17 Å². The smallest absolute Gasteiger partial charge is 0.323 e. The van der Waals surface area contributed by atoms with Crippen molar-refractivity contribution >= 4 is 39.6 Å². The lowest BCUT2D eigenvalue weighted by Gasteiger charge is -2.34. The molecule has 1 unspecified atom stereocenters. The summed E-state index contributed by atoms with van der Waals surface area (Å²) >= 11 is 1.28. The Morgan fingerprint density at radius 2 is 1.92 bits per heavy atom. The summed E-state index contributed by atoms with van der Waals surface area (Å²) in [4.78, 5) is 31.1. The van der Waals surface area contributed by atoms with Crippen LogP contribution in [0.1, 0.15) is 18.4 Å². The van der Waals surface area contributed by atoms with Crippen LogP contribution < -0.4 is 26.0 Å². The minimum absolute atomic E-state index is 0.0882. The number of piperidine rings is 1. The molecule has 190 valence electrons. The van der Waals surface area contributed by atoms with Gasteiger partial charge in [-0.1, -0.05) is 30.0 Å². The molecule has 2 fully saturated rings. The SMILES string of the molecule is N=C1NC(=O)C(Cc2ccc(N3CCC(NC[C@H](O)COc4cccc5[nH]c(=O)[nH]c45)CC3)cc2)S1. The topological polar surface area (TPSA) is 146 Å². The highest BCUT2D eigenvalue weighted by atomic mass is 32.2. The zero-order chi connectivity index (χ0) is 25.1. The number of para-hydroxylation sites is 1. The number of aromatic amines is 2. The summed E-state index contributed by atoms with van der Waals surface area (Å²) in [6.45, 7) is 2.41. The molecule has 36 heavy (non-hydrogen) atoms. The summed E-state index contributed by atoms with van der Waals surface area (Å²) in [6, 6.07) is 14.0. The maximum Gasteiger partial charge on any atom is 0.323 e. The molecular formula is C25H30N6O4S. The molecule has 5 rings (SSSR count). The highest BCUT2D eigenvalue weighted by Gasteiger charge is 2.29. The first-order valence-corrected chi connectivity index (χ1v) is 13.0. The van der Waals surface area contributed by atoms with Gasteiger partial charge in [-0.15, -0.1) is 0 Å². The number of amidine groups is 1. The van der Waals surface area contributed by atoms with Gasteiger partial charge in [-0.25, -0.2) is 4.79 Å². The van der Waals surface area contributed by atoms with Crippen molar-refractivity contribution in [1.29, 1.82) is 5.41 Å². The van der Waals surface area contributed by atoms with E-state index in [-0.39, 0.29) is 28.6 Å². The molecule has 2 aliphatic heterocycles. The van der Waals surface area contributed by atoms with Gasteiger partial charge in [0.1, 0.15) is 24.0 Å². The van der Waals surface area contributed by atoms with Crippen LogP contribution in [0.2, 0.25) is 0 Å². The number of imidazole rings is 1. The predicted octanol–water partition coefficient (Wildman–Crippen LogP) is 1.56. The summed E-state index contributed by atoms with van der Waals surface area (Å²) < 4.78 is 5.75. The molecular weight excluding hydrogens is 480 g/mol. The number of thioether (sulfide) groups is 1. The maximum atomic E-state index is 11.9. The number of anilines is 1. The third kappa shape index (κ3) is 5.75. The lowest BCUT2D eigenvalue weighted by atomic mass is 10.0. The third-order valence-corrected chi connectivity index (χ3v) is 7.60. The summed E-state index contributed by atoms with van der Waals surface area (Å²) in [7, 11) is 0. The Hall–Kier alpha value is -3.28. The molecule has 1 amide bonds. The molecule has 3 heterocycles. The van der Waals surface area contributed by atoms with Crippen LogP contribution in [0.5, 0.6) is 5.75 Å². The summed E-state index contributed by atoms with van der Waals surface area (Å²) in [6.07, 6.45) is 1.90. The summed E-state index contributed by atoms with van der Waals surface area (Å²) in [5.74, 6) is 0.448. The fourth-order valence-electron chi connectivity index (χ4n) is 4.65. The number of H-pyrrole nitrogens is 2. The minimum Gasteiger partial charge on any atom is -0.489 e. The Labute approximate surface area is 212 Å². The van der Waals surface area contributed by atoms with Gasteiger partial charge in [0, 0.05) is 31.4 Å². The Morgan fingerprint density at radius 3 is 2.64 bits per heavy atom. The van der Waals surface area contributed by atoms with Gasteiger partial charge in [-0.3, -0.25) is 10.2 Å².